The van der Waals surface area contributed by atoms with Gasteiger partial charge in [0.2, 0.25) is 11.2 Å². The summed E-state index contributed by atoms with van der Waals surface area (Å²) in [5, 5.41) is 0.148. The topological polar surface area (TPSA) is 69.6 Å². The lowest BCUT2D eigenvalue weighted by molar-refractivity contribution is 0.0215. The molecule has 0 amide bonds. The first kappa shape index (κ1) is 15.7. The second kappa shape index (κ2) is 6.52. The first-order valence-electron chi connectivity index (χ1n) is 7.56. The highest BCUT2D eigenvalue weighted by molar-refractivity contribution is 6.28. The van der Waals surface area contributed by atoms with Crippen LogP contribution < -0.4 is 9.64 Å². The second-order valence-electron chi connectivity index (χ2n) is 6.13. The van der Waals surface area contributed by atoms with Gasteiger partial charge in [-0.25, -0.2) is 0 Å². The number of anilines is 1. The van der Waals surface area contributed by atoms with E-state index in [0.29, 0.717) is 38.9 Å². The molecule has 0 radical (unpaired) electrons. The van der Waals surface area contributed by atoms with E-state index in [2.05, 4.69) is 33.7 Å². The third-order valence-corrected chi connectivity index (χ3v) is 4.07. The van der Waals surface area contributed by atoms with Gasteiger partial charge in [-0.1, -0.05) is 0 Å². The van der Waals surface area contributed by atoms with Crippen molar-refractivity contribution in [3.8, 4) is 6.01 Å². The van der Waals surface area contributed by atoms with E-state index in [1.54, 1.807) is 0 Å². The molecule has 2 aliphatic heterocycles. The van der Waals surface area contributed by atoms with E-state index in [-0.39, 0.29) is 22.9 Å². The third kappa shape index (κ3) is 3.59. The molecule has 0 aromatic carbocycles. The van der Waals surface area contributed by atoms with Gasteiger partial charge in [0, 0.05) is 19.4 Å². The van der Waals surface area contributed by atoms with Crippen LogP contribution in [0.15, 0.2) is 0 Å². The molecule has 0 bridgehead atoms. The van der Waals surface area contributed by atoms with Crippen LogP contribution in [0, 0.1) is 0 Å². The van der Waals surface area contributed by atoms with Crippen molar-refractivity contribution in [3.63, 3.8) is 0 Å². The predicted molar refractivity (Wildman–Crippen MR) is 81.6 cm³/mol. The highest BCUT2D eigenvalue weighted by Gasteiger charge is 2.33. The van der Waals surface area contributed by atoms with Crippen LogP contribution in [0.2, 0.25) is 5.28 Å². The molecular weight excluding hydrogens is 308 g/mol. The second-order valence-corrected chi connectivity index (χ2v) is 6.47. The molecule has 22 heavy (non-hydrogen) atoms. The summed E-state index contributed by atoms with van der Waals surface area (Å²) < 4.78 is 16.7. The van der Waals surface area contributed by atoms with Crippen molar-refractivity contribution in [1.29, 1.82) is 0 Å². The molecule has 1 aromatic heterocycles. The van der Waals surface area contributed by atoms with E-state index in [1.165, 1.54) is 0 Å². The minimum atomic E-state index is -0.196. The fourth-order valence-electron chi connectivity index (χ4n) is 2.67. The Hall–Kier alpha value is -1.18. The molecule has 2 fully saturated rings. The molecule has 122 valence electrons. The van der Waals surface area contributed by atoms with E-state index in [0.717, 1.165) is 12.8 Å². The van der Waals surface area contributed by atoms with Crippen molar-refractivity contribution in [1.82, 2.24) is 15.0 Å². The summed E-state index contributed by atoms with van der Waals surface area (Å²) in [6.07, 6.45) is 1.74. The summed E-state index contributed by atoms with van der Waals surface area (Å²) in [6.45, 7) is 7.55. The van der Waals surface area contributed by atoms with Crippen LogP contribution in [0.3, 0.4) is 0 Å². The standard InChI is InChI=1S/C14H21ClN4O3/c1-14(2)9-21-8-5-19(14)12-16-11(15)17-13(18-12)22-10-3-6-20-7-4-10/h10H,3-9H2,1-2H3. The summed E-state index contributed by atoms with van der Waals surface area (Å²) in [5.74, 6) is 0.537. The maximum atomic E-state index is 6.06. The Kier molecular flexibility index (Phi) is 4.65. The fourth-order valence-corrected chi connectivity index (χ4v) is 2.82. The van der Waals surface area contributed by atoms with Gasteiger partial charge in [-0.3, -0.25) is 0 Å². The Balaban J connectivity index is 1.79. The lowest BCUT2D eigenvalue weighted by Crippen LogP contribution is -2.54. The maximum absolute atomic E-state index is 6.06. The van der Waals surface area contributed by atoms with Gasteiger partial charge in [0.15, 0.2) is 0 Å². The number of hydrogen-bond donors (Lipinski definition) is 0. The van der Waals surface area contributed by atoms with Crippen LogP contribution in [0.5, 0.6) is 6.01 Å². The van der Waals surface area contributed by atoms with Gasteiger partial charge >= 0.3 is 6.01 Å². The number of nitrogens with zero attached hydrogens (tertiary/aromatic N) is 4. The van der Waals surface area contributed by atoms with E-state index in [9.17, 15) is 0 Å². The summed E-state index contributed by atoms with van der Waals surface area (Å²) in [5.41, 5.74) is -0.196. The van der Waals surface area contributed by atoms with Crippen LogP contribution in [0.4, 0.5) is 5.95 Å². The predicted octanol–water partition coefficient (Wildman–Crippen LogP) is 1.70. The van der Waals surface area contributed by atoms with Crippen molar-refractivity contribution < 1.29 is 14.2 Å². The van der Waals surface area contributed by atoms with E-state index in [1.807, 2.05) is 0 Å². The normalized spacial score (nSPS) is 22.6. The number of hydrogen-bond acceptors (Lipinski definition) is 7. The van der Waals surface area contributed by atoms with Crippen LogP contribution >= 0.6 is 11.6 Å². The highest BCUT2D eigenvalue weighted by atomic mass is 35.5. The van der Waals surface area contributed by atoms with Crippen molar-refractivity contribution in [2.75, 3.05) is 37.9 Å². The van der Waals surface area contributed by atoms with Gasteiger partial charge in [-0.15, -0.1) is 0 Å². The third-order valence-electron chi connectivity index (χ3n) is 3.90. The van der Waals surface area contributed by atoms with Crippen LogP contribution in [-0.4, -0.2) is 59.6 Å². The Morgan fingerprint density at radius 2 is 1.91 bits per heavy atom. The Bertz CT molecular complexity index is 523. The van der Waals surface area contributed by atoms with Gasteiger partial charge in [-0.05, 0) is 25.4 Å². The molecule has 0 aliphatic carbocycles. The Morgan fingerprint density at radius 1 is 1.14 bits per heavy atom. The molecule has 0 unspecified atom stereocenters. The molecule has 2 saturated heterocycles. The lowest BCUT2D eigenvalue weighted by atomic mass is 10.0. The number of morpholine rings is 1. The van der Waals surface area contributed by atoms with Gasteiger partial charge < -0.3 is 19.1 Å². The minimum Gasteiger partial charge on any atom is -0.460 e. The van der Waals surface area contributed by atoms with E-state index >= 15 is 0 Å². The smallest absolute Gasteiger partial charge is 0.322 e. The quantitative estimate of drug-likeness (QED) is 0.836. The first-order valence-corrected chi connectivity index (χ1v) is 7.94. The molecule has 7 nitrogen and oxygen atoms in total. The molecule has 0 spiro atoms. The summed E-state index contributed by atoms with van der Waals surface area (Å²) in [6, 6.07) is 0.282. The summed E-state index contributed by atoms with van der Waals surface area (Å²) in [4.78, 5) is 14.9. The first-order chi connectivity index (χ1) is 10.5. The average Bonchev–Trinajstić information content (AvgIpc) is 2.47. The lowest BCUT2D eigenvalue weighted by Gasteiger charge is -2.42. The van der Waals surface area contributed by atoms with Crippen molar-refractivity contribution in [2.24, 2.45) is 0 Å². The van der Waals surface area contributed by atoms with Gasteiger partial charge in [-0.2, -0.15) is 15.0 Å². The van der Waals surface area contributed by atoms with Crippen LogP contribution in [0.25, 0.3) is 0 Å². The van der Waals surface area contributed by atoms with Crippen molar-refractivity contribution in [2.45, 2.75) is 38.3 Å². The van der Waals surface area contributed by atoms with Gasteiger partial charge in [0.05, 0.1) is 32.0 Å². The molecule has 8 heteroatoms. The number of ether oxygens (including phenoxy) is 3. The molecule has 0 saturated carbocycles. The monoisotopic (exact) mass is 328 g/mol. The van der Waals surface area contributed by atoms with Crippen molar-refractivity contribution >= 4 is 17.5 Å². The van der Waals surface area contributed by atoms with Crippen molar-refractivity contribution in [3.05, 3.63) is 5.28 Å². The zero-order valence-electron chi connectivity index (χ0n) is 12.9. The molecule has 3 rings (SSSR count). The van der Waals surface area contributed by atoms with E-state index in [4.69, 9.17) is 25.8 Å². The molecular formula is C14H21ClN4O3. The molecule has 0 atom stereocenters. The largest absolute Gasteiger partial charge is 0.460 e. The zero-order valence-corrected chi connectivity index (χ0v) is 13.7. The van der Waals surface area contributed by atoms with Gasteiger partial charge in [0.25, 0.3) is 0 Å². The SMILES string of the molecule is CC1(C)COCCN1c1nc(Cl)nc(OC2CCOCC2)n1. The van der Waals surface area contributed by atoms with Gasteiger partial charge in [0.1, 0.15) is 6.10 Å². The Morgan fingerprint density at radius 3 is 2.64 bits per heavy atom. The molecule has 3 heterocycles. The van der Waals surface area contributed by atoms with Crippen LogP contribution in [0.1, 0.15) is 26.7 Å². The fraction of sp³-hybridized carbons (Fsp3) is 0.786. The molecule has 1 aromatic rings. The zero-order chi connectivity index (χ0) is 15.6. The number of aromatic nitrogens is 3. The summed E-state index contributed by atoms with van der Waals surface area (Å²) >= 11 is 6.06. The maximum Gasteiger partial charge on any atom is 0.322 e. The molecule has 2 aliphatic rings. The average molecular weight is 329 g/mol. The van der Waals surface area contributed by atoms with Crippen LogP contribution in [-0.2, 0) is 9.47 Å². The Labute approximate surface area is 134 Å². The minimum absolute atomic E-state index is 0.0674. The number of rotatable bonds is 3. The van der Waals surface area contributed by atoms with E-state index < -0.39 is 0 Å². The summed E-state index contributed by atoms with van der Waals surface area (Å²) in [7, 11) is 0. The highest BCUT2D eigenvalue weighted by Crippen LogP contribution is 2.26. The molecule has 0 N–H and O–H groups in total. The number of halogens is 1.